The van der Waals surface area contributed by atoms with Crippen molar-refractivity contribution in [3.63, 3.8) is 0 Å². The number of carbonyl (C=O) groups is 1. The van der Waals surface area contributed by atoms with Crippen molar-refractivity contribution in [1.82, 2.24) is 0 Å². The maximum absolute atomic E-state index is 11.6. The van der Waals surface area contributed by atoms with Crippen LogP contribution in [0.3, 0.4) is 0 Å². The fourth-order valence-electron chi connectivity index (χ4n) is 1.39. The fraction of sp³-hybridized carbons (Fsp3) is 0.0714. The molecular formula is C14H11ClO2. The molecule has 3 heteroatoms. The van der Waals surface area contributed by atoms with E-state index in [0.29, 0.717) is 10.6 Å². The Bertz CT molecular complexity index is 491. The summed E-state index contributed by atoms with van der Waals surface area (Å²) in [5.74, 6) is -0.319. The van der Waals surface area contributed by atoms with Gasteiger partial charge in [0.05, 0.1) is 5.56 Å². The van der Waals surface area contributed by atoms with Crippen LogP contribution >= 0.6 is 11.6 Å². The molecule has 0 amide bonds. The van der Waals surface area contributed by atoms with Crippen LogP contribution in [0.2, 0.25) is 5.02 Å². The number of benzene rings is 2. The number of hydrogen-bond donors (Lipinski definition) is 0. The molecule has 86 valence electrons. The summed E-state index contributed by atoms with van der Waals surface area (Å²) in [4.78, 5) is 11.6. The molecule has 0 aliphatic carbocycles. The first-order chi connectivity index (χ1) is 8.25. The van der Waals surface area contributed by atoms with Crippen molar-refractivity contribution in [1.29, 1.82) is 0 Å². The summed E-state index contributed by atoms with van der Waals surface area (Å²) in [5.41, 5.74) is 1.47. The van der Waals surface area contributed by atoms with E-state index in [-0.39, 0.29) is 12.6 Å². The standard InChI is InChI=1S/C14H11ClO2/c15-13-8-6-11(7-9-13)10-17-14(16)12-4-2-1-3-5-12/h1-9H,10H2. The maximum Gasteiger partial charge on any atom is 0.338 e. The minimum atomic E-state index is -0.319. The Labute approximate surface area is 105 Å². The zero-order chi connectivity index (χ0) is 12.1. The van der Waals surface area contributed by atoms with Crippen LogP contribution in [0.4, 0.5) is 0 Å². The molecule has 0 bridgehead atoms. The molecule has 0 saturated carbocycles. The van der Waals surface area contributed by atoms with E-state index >= 15 is 0 Å². The molecule has 0 radical (unpaired) electrons. The molecule has 0 fully saturated rings. The SMILES string of the molecule is O=C(OCc1ccc(Cl)cc1)c1ccccc1. The van der Waals surface area contributed by atoms with Gasteiger partial charge < -0.3 is 4.74 Å². The molecule has 2 nitrogen and oxygen atoms in total. The monoisotopic (exact) mass is 246 g/mol. The Morgan fingerprint density at radius 1 is 1.00 bits per heavy atom. The van der Waals surface area contributed by atoms with Crippen LogP contribution in [0.5, 0.6) is 0 Å². The van der Waals surface area contributed by atoms with Crippen molar-refractivity contribution >= 4 is 17.6 Å². The van der Waals surface area contributed by atoms with E-state index in [9.17, 15) is 4.79 Å². The molecule has 0 heterocycles. The van der Waals surface area contributed by atoms with Gasteiger partial charge in [-0.15, -0.1) is 0 Å². The van der Waals surface area contributed by atoms with Gasteiger partial charge in [0, 0.05) is 5.02 Å². The largest absolute Gasteiger partial charge is 0.457 e. The van der Waals surface area contributed by atoms with Crippen LogP contribution < -0.4 is 0 Å². The quantitative estimate of drug-likeness (QED) is 0.772. The lowest BCUT2D eigenvalue weighted by Crippen LogP contribution is -2.04. The van der Waals surface area contributed by atoms with Crippen molar-refractivity contribution in [3.8, 4) is 0 Å². The van der Waals surface area contributed by atoms with Gasteiger partial charge in [0.25, 0.3) is 0 Å². The van der Waals surface area contributed by atoms with Gasteiger partial charge in [0.2, 0.25) is 0 Å². The van der Waals surface area contributed by atoms with Crippen molar-refractivity contribution in [2.75, 3.05) is 0 Å². The second kappa shape index (κ2) is 5.51. The second-order valence-corrected chi connectivity index (χ2v) is 4.01. The lowest BCUT2D eigenvalue weighted by molar-refractivity contribution is 0.0473. The van der Waals surface area contributed by atoms with E-state index in [0.717, 1.165) is 5.56 Å². The minimum absolute atomic E-state index is 0.255. The third-order valence-corrected chi connectivity index (χ3v) is 2.54. The molecule has 0 atom stereocenters. The van der Waals surface area contributed by atoms with Gasteiger partial charge in [-0.2, -0.15) is 0 Å². The number of hydrogen-bond acceptors (Lipinski definition) is 2. The van der Waals surface area contributed by atoms with Gasteiger partial charge in [-0.05, 0) is 29.8 Å². The Morgan fingerprint density at radius 3 is 2.29 bits per heavy atom. The van der Waals surface area contributed by atoms with Gasteiger partial charge in [-0.3, -0.25) is 0 Å². The number of rotatable bonds is 3. The summed E-state index contributed by atoms with van der Waals surface area (Å²) in [6, 6.07) is 16.1. The maximum atomic E-state index is 11.6. The number of halogens is 1. The fourth-order valence-corrected chi connectivity index (χ4v) is 1.51. The first-order valence-electron chi connectivity index (χ1n) is 5.22. The Balaban J connectivity index is 1.95. The minimum Gasteiger partial charge on any atom is -0.457 e. The van der Waals surface area contributed by atoms with Gasteiger partial charge in [0.1, 0.15) is 6.61 Å². The topological polar surface area (TPSA) is 26.3 Å². The molecule has 2 rings (SSSR count). The second-order valence-electron chi connectivity index (χ2n) is 3.57. The first kappa shape index (κ1) is 11.7. The molecular weight excluding hydrogens is 236 g/mol. The van der Waals surface area contributed by atoms with Crippen LogP contribution in [0, 0.1) is 0 Å². The highest BCUT2D eigenvalue weighted by atomic mass is 35.5. The summed E-state index contributed by atoms with van der Waals surface area (Å²) in [6.45, 7) is 0.255. The third kappa shape index (κ3) is 3.33. The van der Waals surface area contributed by atoms with Crippen LogP contribution in [-0.4, -0.2) is 5.97 Å². The van der Waals surface area contributed by atoms with Gasteiger partial charge in [-0.25, -0.2) is 4.79 Å². The highest BCUT2D eigenvalue weighted by molar-refractivity contribution is 6.30. The summed E-state index contributed by atoms with van der Waals surface area (Å²) in [7, 11) is 0. The van der Waals surface area contributed by atoms with Crippen LogP contribution in [0.15, 0.2) is 54.6 Å². The lowest BCUT2D eigenvalue weighted by atomic mass is 10.2. The third-order valence-electron chi connectivity index (χ3n) is 2.29. The van der Waals surface area contributed by atoms with Crippen LogP contribution in [0.25, 0.3) is 0 Å². The summed E-state index contributed by atoms with van der Waals surface area (Å²) >= 11 is 5.76. The molecule has 2 aromatic rings. The van der Waals surface area contributed by atoms with Crippen LogP contribution in [0.1, 0.15) is 15.9 Å². The smallest absolute Gasteiger partial charge is 0.338 e. The highest BCUT2D eigenvalue weighted by Crippen LogP contribution is 2.11. The molecule has 0 aliphatic rings. The lowest BCUT2D eigenvalue weighted by Gasteiger charge is -2.04. The van der Waals surface area contributed by atoms with E-state index in [1.807, 2.05) is 18.2 Å². The summed E-state index contributed by atoms with van der Waals surface area (Å²) < 4.78 is 5.17. The van der Waals surface area contributed by atoms with E-state index in [2.05, 4.69) is 0 Å². The van der Waals surface area contributed by atoms with Crippen molar-refractivity contribution < 1.29 is 9.53 Å². The molecule has 2 aromatic carbocycles. The highest BCUT2D eigenvalue weighted by Gasteiger charge is 2.05. The first-order valence-corrected chi connectivity index (χ1v) is 5.60. The number of esters is 1. The summed E-state index contributed by atoms with van der Waals surface area (Å²) in [5, 5.41) is 0.670. The van der Waals surface area contributed by atoms with Gasteiger partial charge in [0.15, 0.2) is 0 Å². The van der Waals surface area contributed by atoms with Crippen molar-refractivity contribution in [2.45, 2.75) is 6.61 Å². The number of carbonyl (C=O) groups excluding carboxylic acids is 1. The molecule has 0 spiro atoms. The predicted molar refractivity (Wildman–Crippen MR) is 67.0 cm³/mol. The van der Waals surface area contributed by atoms with E-state index in [1.165, 1.54) is 0 Å². The average molecular weight is 247 g/mol. The summed E-state index contributed by atoms with van der Waals surface area (Å²) in [6.07, 6.45) is 0. The number of ether oxygens (including phenoxy) is 1. The van der Waals surface area contributed by atoms with Crippen molar-refractivity contribution in [3.05, 3.63) is 70.7 Å². The van der Waals surface area contributed by atoms with Crippen molar-refractivity contribution in [2.24, 2.45) is 0 Å². The Hall–Kier alpha value is -1.80. The van der Waals surface area contributed by atoms with E-state index in [4.69, 9.17) is 16.3 Å². The van der Waals surface area contributed by atoms with Gasteiger partial charge >= 0.3 is 5.97 Å². The Kier molecular flexibility index (Phi) is 3.78. The molecule has 0 unspecified atom stereocenters. The van der Waals surface area contributed by atoms with E-state index < -0.39 is 0 Å². The van der Waals surface area contributed by atoms with E-state index in [1.54, 1.807) is 36.4 Å². The zero-order valence-corrected chi connectivity index (χ0v) is 9.85. The molecule has 17 heavy (non-hydrogen) atoms. The molecule has 0 aliphatic heterocycles. The van der Waals surface area contributed by atoms with Gasteiger partial charge in [-0.1, -0.05) is 41.9 Å². The molecule has 0 saturated heterocycles. The van der Waals surface area contributed by atoms with Crippen LogP contribution in [-0.2, 0) is 11.3 Å². The zero-order valence-electron chi connectivity index (χ0n) is 9.10. The average Bonchev–Trinajstić information content (AvgIpc) is 2.39. The molecule has 0 N–H and O–H groups in total. The Morgan fingerprint density at radius 2 is 1.65 bits per heavy atom. The molecule has 0 aromatic heterocycles. The normalized spacial score (nSPS) is 9.94. The predicted octanol–water partition coefficient (Wildman–Crippen LogP) is 3.70.